The molecular weight excluding hydrogens is 202 g/mol. The molecule has 0 radical (unpaired) electrons. The van der Waals surface area contributed by atoms with E-state index in [-0.39, 0.29) is 5.97 Å². The summed E-state index contributed by atoms with van der Waals surface area (Å²) >= 11 is 0. The van der Waals surface area contributed by atoms with E-state index in [0.717, 1.165) is 16.8 Å². The van der Waals surface area contributed by atoms with Gasteiger partial charge < -0.3 is 10.5 Å². The van der Waals surface area contributed by atoms with Gasteiger partial charge in [-0.25, -0.2) is 0 Å². The SMILES string of the molecule is CCOC(=O)CC=Cc1ccc(C)c(N)c1. The predicted molar refractivity (Wildman–Crippen MR) is 65.9 cm³/mol. The predicted octanol–water partition coefficient (Wildman–Crippen LogP) is 2.54. The van der Waals surface area contributed by atoms with Gasteiger partial charge in [-0.15, -0.1) is 0 Å². The number of esters is 1. The molecule has 0 atom stereocenters. The lowest BCUT2D eigenvalue weighted by atomic mass is 10.1. The van der Waals surface area contributed by atoms with Crippen LogP contribution in [0.5, 0.6) is 0 Å². The number of rotatable bonds is 4. The topological polar surface area (TPSA) is 52.3 Å². The molecule has 0 aromatic heterocycles. The van der Waals surface area contributed by atoms with Gasteiger partial charge in [0.1, 0.15) is 0 Å². The average molecular weight is 219 g/mol. The number of hydrogen-bond acceptors (Lipinski definition) is 3. The minimum Gasteiger partial charge on any atom is -0.466 e. The van der Waals surface area contributed by atoms with E-state index in [4.69, 9.17) is 10.5 Å². The number of benzene rings is 1. The zero-order chi connectivity index (χ0) is 12.0. The van der Waals surface area contributed by atoms with Crippen LogP contribution in [0.2, 0.25) is 0 Å². The molecule has 1 rings (SSSR count). The largest absolute Gasteiger partial charge is 0.466 e. The van der Waals surface area contributed by atoms with E-state index in [1.807, 2.05) is 31.2 Å². The van der Waals surface area contributed by atoms with Gasteiger partial charge in [-0.1, -0.05) is 24.3 Å². The van der Waals surface area contributed by atoms with Crippen molar-refractivity contribution in [3.63, 3.8) is 0 Å². The van der Waals surface area contributed by atoms with Crippen LogP contribution in [0, 0.1) is 6.92 Å². The normalized spacial score (nSPS) is 10.6. The van der Waals surface area contributed by atoms with Crippen molar-refractivity contribution in [3.05, 3.63) is 35.4 Å². The molecular formula is C13H17NO2. The smallest absolute Gasteiger partial charge is 0.309 e. The molecule has 16 heavy (non-hydrogen) atoms. The Balaban J connectivity index is 2.56. The molecule has 0 bridgehead atoms. The van der Waals surface area contributed by atoms with Crippen LogP contribution in [-0.4, -0.2) is 12.6 Å². The molecule has 1 aromatic rings. The number of carbonyl (C=O) groups excluding carboxylic acids is 1. The third-order valence-corrected chi connectivity index (χ3v) is 2.20. The van der Waals surface area contributed by atoms with Gasteiger partial charge in [-0.3, -0.25) is 4.79 Å². The highest BCUT2D eigenvalue weighted by Gasteiger charge is 1.97. The van der Waals surface area contributed by atoms with E-state index in [1.165, 1.54) is 0 Å². The van der Waals surface area contributed by atoms with Gasteiger partial charge in [0.15, 0.2) is 0 Å². The maximum absolute atomic E-state index is 11.1. The van der Waals surface area contributed by atoms with E-state index in [2.05, 4.69) is 0 Å². The van der Waals surface area contributed by atoms with Crippen molar-refractivity contribution in [3.8, 4) is 0 Å². The summed E-state index contributed by atoms with van der Waals surface area (Å²) < 4.78 is 4.81. The number of anilines is 1. The average Bonchev–Trinajstić information content (AvgIpc) is 2.24. The highest BCUT2D eigenvalue weighted by Crippen LogP contribution is 2.14. The van der Waals surface area contributed by atoms with E-state index in [9.17, 15) is 4.79 Å². The Morgan fingerprint density at radius 1 is 1.50 bits per heavy atom. The molecule has 2 N–H and O–H groups in total. The maximum Gasteiger partial charge on any atom is 0.309 e. The van der Waals surface area contributed by atoms with Crippen LogP contribution in [0.25, 0.3) is 6.08 Å². The molecule has 0 saturated carbocycles. The fourth-order valence-corrected chi connectivity index (χ4v) is 1.27. The molecule has 0 aliphatic rings. The molecule has 3 nitrogen and oxygen atoms in total. The zero-order valence-electron chi connectivity index (χ0n) is 9.69. The van der Waals surface area contributed by atoms with E-state index >= 15 is 0 Å². The lowest BCUT2D eigenvalue weighted by molar-refractivity contribution is -0.142. The van der Waals surface area contributed by atoms with Crippen molar-refractivity contribution in [2.75, 3.05) is 12.3 Å². The van der Waals surface area contributed by atoms with E-state index in [1.54, 1.807) is 13.0 Å². The van der Waals surface area contributed by atoms with Gasteiger partial charge in [0, 0.05) is 5.69 Å². The van der Waals surface area contributed by atoms with Crippen LogP contribution in [0.4, 0.5) is 5.69 Å². The first-order valence-corrected chi connectivity index (χ1v) is 5.31. The first kappa shape index (κ1) is 12.3. The van der Waals surface area contributed by atoms with Crippen molar-refractivity contribution < 1.29 is 9.53 Å². The molecule has 3 heteroatoms. The van der Waals surface area contributed by atoms with E-state index < -0.39 is 0 Å². The summed E-state index contributed by atoms with van der Waals surface area (Å²) in [7, 11) is 0. The van der Waals surface area contributed by atoms with E-state index in [0.29, 0.717) is 13.0 Å². The molecule has 1 aromatic carbocycles. The summed E-state index contributed by atoms with van der Waals surface area (Å²) in [5, 5.41) is 0. The third kappa shape index (κ3) is 3.77. The van der Waals surface area contributed by atoms with Crippen LogP contribution >= 0.6 is 0 Å². The number of nitrogen functional groups attached to an aromatic ring is 1. The minimum atomic E-state index is -0.209. The molecule has 0 fully saturated rings. The second-order valence-electron chi connectivity index (χ2n) is 3.53. The van der Waals surface area contributed by atoms with Crippen LogP contribution in [-0.2, 0) is 9.53 Å². The Morgan fingerprint density at radius 2 is 2.25 bits per heavy atom. The third-order valence-electron chi connectivity index (χ3n) is 2.20. The summed E-state index contributed by atoms with van der Waals surface area (Å²) in [5.74, 6) is -0.209. The van der Waals surface area contributed by atoms with Gasteiger partial charge in [-0.05, 0) is 31.0 Å². The molecule has 0 saturated heterocycles. The van der Waals surface area contributed by atoms with Crippen molar-refractivity contribution in [1.29, 1.82) is 0 Å². The Morgan fingerprint density at radius 3 is 2.88 bits per heavy atom. The standard InChI is InChI=1S/C13H17NO2/c1-3-16-13(15)6-4-5-11-8-7-10(2)12(14)9-11/h4-5,7-9H,3,6,14H2,1-2H3. The Kier molecular flexibility index (Phi) is 4.58. The number of ether oxygens (including phenoxy) is 1. The Bertz CT molecular complexity index is 397. The van der Waals surface area contributed by atoms with Gasteiger partial charge in [-0.2, -0.15) is 0 Å². The van der Waals surface area contributed by atoms with Crippen molar-refractivity contribution in [2.24, 2.45) is 0 Å². The van der Waals surface area contributed by atoms with Gasteiger partial charge in [0.05, 0.1) is 13.0 Å². The Hall–Kier alpha value is -1.77. The number of hydrogen-bond donors (Lipinski definition) is 1. The van der Waals surface area contributed by atoms with Crippen molar-refractivity contribution in [2.45, 2.75) is 20.3 Å². The molecule has 0 heterocycles. The van der Waals surface area contributed by atoms with Crippen LogP contribution in [0.1, 0.15) is 24.5 Å². The first-order chi connectivity index (χ1) is 7.63. The molecule has 0 aliphatic heterocycles. The highest BCUT2D eigenvalue weighted by molar-refractivity contribution is 5.72. The van der Waals surface area contributed by atoms with Gasteiger partial charge >= 0.3 is 5.97 Å². The van der Waals surface area contributed by atoms with Crippen LogP contribution in [0.15, 0.2) is 24.3 Å². The quantitative estimate of drug-likeness (QED) is 0.625. The summed E-state index contributed by atoms with van der Waals surface area (Å²) in [5.41, 5.74) is 8.59. The van der Waals surface area contributed by atoms with Crippen LogP contribution < -0.4 is 5.73 Å². The zero-order valence-corrected chi connectivity index (χ0v) is 9.69. The second kappa shape index (κ2) is 5.95. The van der Waals surface area contributed by atoms with Gasteiger partial charge in [0.2, 0.25) is 0 Å². The molecule has 0 unspecified atom stereocenters. The van der Waals surface area contributed by atoms with Crippen LogP contribution in [0.3, 0.4) is 0 Å². The minimum absolute atomic E-state index is 0.209. The monoisotopic (exact) mass is 219 g/mol. The summed E-state index contributed by atoms with van der Waals surface area (Å²) in [6.07, 6.45) is 3.94. The lowest BCUT2D eigenvalue weighted by Crippen LogP contribution is -2.01. The fourth-order valence-electron chi connectivity index (χ4n) is 1.27. The molecule has 0 amide bonds. The molecule has 0 spiro atoms. The Labute approximate surface area is 95.9 Å². The van der Waals surface area contributed by atoms with Gasteiger partial charge in [0.25, 0.3) is 0 Å². The molecule has 86 valence electrons. The fraction of sp³-hybridized carbons (Fsp3) is 0.308. The number of aryl methyl sites for hydroxylation is 1. The summed E-state index contributed by atoms with van der Waals surface area (Å²) in [4.78, 5) is 11.1. The molecule has 0 aliphatic carbocycles. The highest BCUT2D eigenvalue weighted by atomic mass is 16.5. The number of carbonyl (C=O) groups is 1. The van der Waals surface area contributed by atoms with Crippen molar-refractivity contribution >= 4 is 17.7 Å². The van der Waals surface area contributed by atoms with Crippen molar-refractivity contribution in [1.82, 2.24) is 0 Å². The number of nitrogens with two attached hydrogens (primary N) is 1. The second-order valence-corrected chi connectivity index (χ2v) is 3.53. The lowest BCUT2D eigenvalue weighted by Gasteiger charge is -2.01. The summed E-state index contributed by atoms with van der Waals surface area (Å²) in [6, 6.07) is 5.81. The summed E-state index contributed by atoms with van der Waals surface area (Å²) in [6.45, 7) is 4.17. The maximum atomic E-state index is 11.1. The first-order valence-electron chi connectivity index (χ1n) is 5.31.